The van der Waals surface area contributed by atoms with Crippen LogP contribution in [0.2, 0.25) is 0 Å². The molecular formula is C13H17N4O5+. The standard InChI is InChI=1S/C13H16N4O5/c1-13(2)21-8-6(3-18)20-12(9(8)22-13)17-5-16-7-10(17)14-4-15-11(7)19/h4-6,8-9,12,18H,3H2,1-2H3,(H,14,15,19)/p+1/t6-,8-,9-,12+/m1/s1. The zero-order valence-electron chi connectivity index (χ0n) is 12.1. The highest BCUT2D eigenvalue weighted by molar-refractivity contribution is 5.63. The van der Waals surface area contributed by atoms with Crippen LogP contribution in [0.4, 0.5) is 0 Å². The lowest BCUT2D eigenvalue weighted by Crippen LogP contribution is -2.46. The number of fused-ring (bicyclic) bond motifs is 2. The maximum Gasteiger partial charge on any atom is 0.311 e. The third-order valence-corrected chi connectivity index (χ3v) is 4.01. The van der Waals surface area contributed by atoms with Gasteiger partial charge in [-0.3, -0.25) is 14.8 Å². The predicted octanol–water partition coefficient (Wildman–Crippen LogP) is -1.05. The predicted molar refractivity (Wildman–Crippen MR) is 71.7 cm³/mol. The van der Waals surface area contributed by atoms with Crippen LogP contribution >= 0.6 is 0 Å². The first-order chi connectivity index (χ1) is 10.5. The Morgan fingerprint density at radius 2 is 2.14 bits per heavy atom. The molecule has 9 heteroatoms. The summed E-state index contributed by atoms with van der Waals surface area (Å²) >= 11 is 0. The molecule has 2 fully saturated rings. The maximum absolute atomic E-state index is 11.8. The van der Waals surface area contributed by atoms with Gasteiger partial charge in [0, 0.05) is 0 Å². The van der Waals surface area contributed by atoms with E-state index in [1.807, 2.05) is 13.8 Å². The van der Waals surface area contributed by atoms with E-state index in [2.05, 4.69) is 15.0 Å². The molecule has 2 aromatic heterocycles. The van der Waals surface area contributed by atoms with Gasteiger partial charge < -0.3 is 19.3 Å². The van der Waals surface area contributed by atoms with Gasteiger partial charge in [0.15, 0.2) is 18.4 Å². The molecule has 0 spiro atoms. The summed E-state index contributed by atoms with van der Waals surface area (Å²) in [5.74, 6) is -0.748. The number of aliphatic hydroxyl groups is 1. The number of rotatable bonds is 2. The molecule has 3 N–H and O–H groups in total. The van der Waals surface area contributed by atoms with Crippen LogP contribution in [0.25, 0.3) is 11.2 Å². The number of aliphatic hydroxyl groups excluding tert-OH is 1. The van der Waals surface area contributed by atoms with Crippen LogP contribution in [-0.4, -0.2) is 50.8 Å². The molecule has 2 saturated heterocycles. The van der Waals surface area contributed by atoms with Crippen molar-refractivity contribution in [1.82, 2.24) is 15.0 Å². The molecule has 9 nitrogen and oxygen atoms in total. The fraction of sp³-hybridized carbons (Fsp3) is 0.615. The summed E-state index contributed by atoms with van der Waals surface area (Å²) in [6.07, 6.45) is 1.16. The Morgan fingerprint density at radius 3 is 2.91 bits per heavy atom. The molecule has 22 heavy (non-hydrogen) atoms. The Hall–Kier alpha value is -1.81. The minimum atomic E-state index is -0.748. The van der Waals surface area contributed by atoms with Gasteiger partial charge in [0.1, 0.15) is 18.3 Å². The average molecular weight is 309 g/mol. The van der Waals surface area contributed by atoms with Crippen LogP contribution in [0.1, 0.15) is 20.1 Å². The topological polar surface area (TPSA) is 113 Å². The van der Waals surface area contributed by atoms with Crippen LogP contribution in [0.5, 0.6) is 0 Å². The maximum atomic E-state index is 11.8. The smallest absolute Gasteiger partial charge is 0.311 e. The summed E-state index contributed by atoms with van der Waals surface area (Å²) in [4.78, 5) is 21.4. The van der Waals surface area contributed by atoms with Crippen molar-refractivity contribution in [2.45, 2.75) is 44.2 Å². The van der Waals surface area contributed by atoms with Gasteiger partial charge in [-0.2, -0.15) is 0 Å². The molecule has 0 bridgehead atoms. The number of nitrogens with zero attached hydrogens (tertiary/aromatic N) is 2. The number of nitrogens with one attached hydrogen (secondary N) is 2. The number of aromatic nitrogens is 4. The Labute approximate surface area is 124 Å². The average Bonchev–Trinajstić information content (AvgIpc) is 3.10. The molecule has 2 aliphatic heterocycles. The van der Waals surface area contributed by atoms with Crippen LogP contribution in [0.3, 0.4) is 0 Å². The Bertz CT molecular complexity index is 769. The van der Waals surface area contributed by atoms with E-state index in [0.717, 1.165) is 0 Å². The normalized spacial score (nSPS) is 33.4. The Morgan fingerprint density at radius 1 is 1.36 bits per heavy atom. The van der Waals surface area contributed by atoms with E-state index in [9.17, 15) is 9.90 Å². The van der Waals surface area contributed by atoms with E-state index >= 15 is 0 Å². The van der Waals surface area contributed by atoms with E-state index in [4.69, 9.17) is 14.2 Å². The fourth-order valence-corrected chi connectivity index (χ4v) is 3.14. The number of H-pyrrole nitrogens is 2. The van der Waals surface area contributed by atoms with E-state index in [-0.39, 0.29) is 18.3 Å². The lowest BCUT2D eigenvalue weighted by Gasteiger charge is -2.22. The van der Waals surface area contributed by atoms with Crippen molar-refractivity contribution in [1.29, 1.82) is 0 Å². The van der Waals surface area contributed by atoms with E-state index < -0.39 is 24.2 Å². The molecule has 0 aliphatic carbocycles. The highest BCUT2D eigenvalue weighted by Crippen LogP contribution is 2.41. The Balaban J connectivity index is 1.78. The van der Waals surface area contributed by atoms with Crippen molar-refractivity contribution >= 4 is 11.2 Å². The van der Waals surface area contributed by atoms with E-state index in [0.29, 0.717) is 11.2 Å². The SMILES string of the molecule is CC1(C)O[C@@H]2[C@H](O1)[C@@H](CO)O[C@@H]2[n+]1c[nH]c2c(=O)[nH]cnc21. The van der Waals surface area contributed by atoms with Gasteiger partial charge >= 0.3 is 5.65 Å². The number of aromatic amines is 2. The zero-order chi connectivity index (χ0) is 15.5. The highest BCUT2D eigenvalue weighted by Gasteiger charge is 2.57. The quantitative estimate of drug-likeness (QED) is 0.610. The second-order valence-corrected chi connectivity index (χ2v) is 5.92. The third kappa shape index (κ3) is 1.90. The molecular weight excluding hydrogens is 292 g/mol. The Kier molecular flexibility index (Phi) is 2.89. The first-order valence-electron chi connectivity index (χ1n) is 7.08. The summed E-state index contributed by atoms with van der Waals surface area (Å²) in [7, 11) is 0. The summed E-state index contributed by atoms with van der Waals surface area (Å²) < 4.78 is 19.3. The monoisotopic (exact) mass is 309 g/mol. The van der Waals surface area contributed by atoms with Crippen molar-refractivity contribution < 1.29 is 23.9 Å². The number of hydrogen-bond acceptors (Lipinski definition) is 6. The summed E-state index contributed by atoms with van der Waals surface area (Å²) in [6, 6.07) is 0. The lowest BCUT2D eigenvalue weighted by molar-refractivity contribution is -0.745. The molecule has 118 valence electrons. The fourth-order valence-electron chi connectivity index (χ4n) is 3.14. The molecule has 0 radical (unpaired) electrons. The summed E-state index contributed by atoms with van der Waals surface area (Å²) in [5.41, 5.74) is 0.550. The molecule has 2 aliphatic rings. The van der Waals surface area contributed by atoms with Crippen molar-refractivity contribution in [3.63, 3.8) is 0 Å². The van der Waals surface area contributed by atoms with Gasteiger partial charge in [-0.15, -0.1) is 0 Å². The van der Waals surface area contributed by atoms with Crippen molar-refractivity contribution in [2.75, 3.05) is 6.61 Å². The van der Waals surface area contributed by atoms with Crippen LogP contribution in [0, 0.1) is 0 Å². The van der Waals surface area contributed by atoms with Crippen LogP contribution < -0.4 is 10.1 Å². The second-order valence-electron chi connectivity index (χ2n) is 5.92. The van der Waals surface area contributed by atoms with Crippen molar-refractivity contribution in [3.05, 3.63) is 23.0 Å². The third-order valence-electron chi connectivity index (χ3n) is 4.01. The summed E-state index contributed by atoms with van der Waals surface area (Å²) in [6.45, 7) is 3.47. The van der Waals surface area contributed by atoms with Crippen LogP contribution in [-0.2, 0) is 14.2 Å². The molecule has 0 aromatic carbocycles. The largest absolute Gasteiger partial charge is 0.394 e. The zero-order valence-corrected chi connectivity index (χ0v) is 12.1. The van der Waals surface area contributed by atoms with Gasteiger partial charge in [0.2, 0.25) is 11.7 Å². The van der Waals surface area contributed by atoms with Gasteiger partial charge in [-0.05, 0) is 13.8 Å². The lowest BCUT2D eigenvalue weighted by atomic mass is 10.1. The first-order valence-corrected chi connectivity index (χ1v) is 7.08. The molecule has 4 atom stereocenters. The number of imidazole rings is 1. The molecule has 2 aromatic rings. The molecule has 0 saturated carbocycles. The molecule has 4 rings (SSSR count). The second kappa shape index (κ2) is 4.59. The van der Waals surface area contributed by atoms with E-state index in [1.165, 1.54) is 6.33 Å². The molecule has 0 amide bonds. The van der Waals surface area contributed by atoms with Crippen LogP contribution in [0.15, 0.2) is 17.4 Å². The highest BCUT2D eigenvalue weighted by atomic mass is 16.8. The minimum absolute atomic E-state index is 0.173. The van der Waals surface area contributed by atoms with Gasteiger partial charge in [-0.25, -0.2) is 4.57 Å². The van der Waals surface area contributed by atoms with Gasteiger partial charge in [-0.1, -0.05) is 4.98 Å². The minimum Gasteiger partial charge on any atom is -0.394 e. The number of ether oxygens (including phenoxy) is 3. The summed E-state index contributed by atoms with van der Waals surface area (Å²) in [5, 5.41) is 9.51. The van der Waals surface area contributed by atoms with Crippen molar-refractivity contribution in [2.24, 2.45) is 0 Å². The van der Waals surface area contributed by atoms with Gasteiger partial charge in [0.25, 0.3) is 5.56 Å². The van der Waals surface area contributed by atoms with Crippen molar-refractivity contribution in [3.8, 4) is 0 Å². The molecule has 0 unspecified atom stereocenters. The van der Waals surface area contributed by atoms with Gasteiger partial charge in [0.05, 0.1) is 6.61 Å². The number of hydrogen-bond donors (Lipinski definition) is 3. The first kappa shape index (κ1) is 13.8. The molecule has 4 heterocycles. The van der Waals surface area contributed by atoms with E-state index in [1.54, 1.807) is 10.9 Å².